The summed E-state index contributed by atoms with van der Waals surface area (Å²) in [4.78, 5) is 5.10. The van der Waals surface area contributed by atoms with Crippen LogP contribution in [0.4, 0.5) is 0 Å². The van der Waals surface area contributed by atoms with Gasteiger partial charge in [-0.15, -0.1) is 0 Å². The first-order valence-corrected chi connectivity index (χ1v) is 17.3. The van der Waals surface area contributed by atoms with Crippen molar-refractivity contribution in [1.29, 1.82) is 0 Å². The average molecular weight is 632 g/mol. The second kappa shape index (κ2) is 13.0. The van der Waals surface area contributed by atoms with Crippen LogP contribution in [0.2, 0.25) is 0 Å². The van der Waals surface area contributed by atoms with Crippen LogP contribution in [-0.2, 0) is 17.3 Å². The van der Waals surface area contributed by atoms with E-state index in [1.165, 1.54) is 50.1 Å². The summed E-state index contributed by atoms with van der Waals surface area (Å²) in [5.41, 5.74) is 14.6. The van der Waals surface area contributed by atoms with Gasteiger partial charge in [0, 0.05) is 12.0 Å². The first-order valence-electron chi connectivity index (χ1n) is 17.3. The third kappa shape index (κ3) is 6.92. The van der Waals surface area contributed by atoms with Crippen molar-refractivity contribution in [2.24, 2.45) is 0 Å². The van der Waals surface area contributed by atoms with Crippen molar-refractivity contribution in [3.8, 4) is 50.5 Å². The van der Waals surface area contributed by atoms with Crippen molar-refractivity contribution in [2.45, 2.75) is 86.0 Å². The smallest absolute Gasteiger partial charge is 0.163 e. The molecule has 0 bridgehead atoms. The molecule has 0 aliphatic heterocycles. The minimum Gasteiger partial charge on any atom is -0.212 e. The number of nitrogens with zero attached hydrogens (tertiary/aromatic N) is 3. The summed E-state index contributed by atoms with van der Waals surface area (Å²) in [6, 6.07) is 40.4. The van der Waals surface area contributed by atoms with Gasteiger partial charge in [0.05, 0.1) is 5.69 Å². The fraction of sp³-hybridized carbons (Fsp3) is 0.289. The maximum atomic E-state index is 5.10. The van der Waals surface area contributed by atoms with Gasteiger partial charge in [-0.2, -0.15) is 5.10 Å². The summed E-state index contributed by atoms with van der Waals surface area (Å²) in [7, 11) is 0. The van der Waals surface area contributed by atoms with Crippen molar-refractivity contribution in [3.63, 3.8) is 0 Å². The highest BCUT2D eigenvalue weighted by atomic mass is 15.4. The van der Waals surface area contributed by atoms with Gasteiger partial charge in [0.25, 0.3) is 0 Å². The molecule has 244 valence electrons. The van der Waals surface area contributed by atoms with Crippen LogP contribution in [0.5, 0.6) is 0 Å². The molecule has 0 aliphatic rings. The lowest BCUT2D eigenvalue weighted by atomic mass is 9.85. The van der Waals surface area contributed by atoms with Crippen LogP contribution in [0.1, 0.15) is 83.0 Å². The molecular weight excluding hydrogens is 583 g/mol. The summed E-state index contributed by atoms with van der Waals surface area (Å²) in [5, 5.41) is 5.03. The summed E-state index contributed by atoms with van der Waals surface area (Å²) >= 11 is 0. The molecular formula is C45H49N3. The van der Waals surface area contributed by atoms with Crippen LogP contribution >= 0.6 is 0 Å². The second-order valence-electron chi connectivity index (χ2n) is 15.3. The highest BCUT2D eigenvalue weighted by Crippen LogP contribution is 2.36. The number of hydrogen-bond acceptors (Lipinski definition) is 2. The molecule has 48 heavy (non-hydrogen) atoms. The Bertz CT molecular complexity index is 1950. The Labute approximate surface area is 287 Å². The molecule has 0 saturated heterocycles. The minimum absolute atomic E-state index is 0.106. The number of para-hydroxylation sites is 1. The Morgan fingerprint density at radius 1 is 0.521 bits per heavy atom. The van der Waals surface area contributed by atoms with Gasteiger partial charge in [-0.25, -0.2) is 9.67 Å². The van der Waals surface area contributed by atoms with Gasteiger partial charge >= 0.3 is 0 Å². The fourth-order valence-corrected chi connectivity index (χ4v) is 6.46. The zero-order valence-electron chi connectivity index (χ0n) is 30.1. The predicted octanol–water partition coefficient (Wildman–Crippen LogP) is 12.1. The highest BCUT2D eigenvalue weighted by molar-refractivity contribution is 5.82. The Hall–Kier alpha value is -4.76. The number of aromatic nitrogens is 3. The van der Waals surface area contributed by atoms with Gasteiger partial charge < -0.3 is 0 Å². The van der Waals surface area contributed by atoms with E-state index in [1.807, 2.05) is 0 Å². The van der Waals surface area contributed by atoms with E-state index >= 15 is 0 Å². The van der Waals surface area contributed by atoms with Gasteiger partial charge in [-0.1, -0.05) is 133 Å². The molecule has 0 amide bonds. The highest BCUT2D eigenvalue weighted by Gasteiger charge is 2.19. The molecule has 3 nitrogen and oxygen atoms in total. The first kappa shape index (κ1) is 33.2. The molecule has 0 spiro atoms. The van der Waals surface area contributed by atoms with E-state index in [0.717, 1.165) is 41.3 Å². The summed E-state index contributed by atoms with van der Waals surface area (Å²) in [5.74, 6) is 1.76. The van der Waals surface area contributed by atoms with Gasteiger partial charge in [0.15, 0.2) is 11.6 Å². The maximum Gasteiger partial charge on any atom is 0.163 e. The Morgan fingerprint density at radius 2 is 0.958 bits per heavy atom. The molecule has 0 saturated carbocycles. The van der Waals surface area contributed by atoms with Crippen molar-refractivity contribution < 1.29 is 0 Å². The molecule has 3 heteroatoms. The van der Waals surface area contributed by atoms with Crippen LogP contribution in [0.3, 0.4) is 0 Å². The Kier molecular flexibility index (Phi) is 9.00. The fourth-order valence-electron chi connectivity index (χ4n) is 6.46. The SMILES string of the molecule is CCCc1nc(-c2cccc(-c3cc(-c4ccc(C(C)(C)C)cc4)cc(-c4ccc(C(C)(C)C)cc4)c3)c2)n(-c2c(C)cccc2C)n1. The zero-order valence-corrected chi connectivity index (χ0v) is 30.1. The van der Waals surface area contributed by atoms with E-state index in [9.17, 15) is 0 Å². The second-order valence-corrected chi connectivity index (χ2v) is 15.3. The normalized spacial score (nSPS) is 12.0. The first-order chi connectivity index (χ1) is 22.8. The lowest BCUT2D eigenvalue weighted by Gasteiger charge is -2.20. The van der Waals surface area contributed by atoms with Gasteiger partial charge in [-0.3, -0.25) is 0 Å². The zero-order chi connectivity index (χ0) is 34.2. The Balaban J connectivity index is 1.50. The molecule has 0 N–H and O–H groups in total. The van der Waals surface area contributed by atoms with E-state index in [-0.39, 0.29) is 10.8 Å². The number of rotatable bonds is 7. The van der Waals surface area contributed by atoms with Crippen molar-refractivity contribution in [3.05, 3.63) is 137 Å². The van der Waals surface area contributed by atoms with Crippen LogP contribution in [0.25, 0.3) is 50.5 Å². The molecule has 0 radical (unpaired) electrons. The largest absolute Gasteiger partial charge is 0.212 e. The van der Waals surface area contributed by atoms with E-state index in [2.05, 4.69) is 176 Å². The number of hydrogen-bond donors (Lipinski definition) is 0. The summed E-state index contributed by atoms with van der Waals surface area (Å²) in [6.45, 7) is 20.1. The van der Waals surface area contributed by atoms with E-state index in [4.69, 9.17) is 10.1 Å². The lowest BCUT2D eigenvalue weighted by Crippen LogP contribution is -2.10. The van der Waals surface area contributed by atoms with Crippen LogP contribution < -0.4 is 0 Å². The quantitative estimate of drug-likeness (QED) is 0.175. The summed E-state index contributed by atoms with van der Waals surface area (Å²) in [6.07, 6.45) is 1.84. The van der Waals surface area contributed by atoms with Crippen LogP contribution in [-0.4, -0.2) is 14.8 Å². The minimum atomic E-state index is 0.106. The predicted molar refractivity (Wildman–Crippen MR) is 204 cm³/mol. The van der Waals surface area contributed by atoms with Gasteiger partial charge in [-0.05, 0) is 111 Å². The molecule has 0 atom stereocenters. The third-order valence-electron chi connectivity index (χ3n) is 9.33. The maximum absolute atomic E-state index is 5.10. The van der Waals surface area contributed by atoms with Crippen molar-refractivity contribution >= 4 is 0 Å². The van der Waals surface area contributed by atoms with E-state index in [1.54, 1.807) is 0 Å². The van der Waals surface area contributed by atoms with Crippen LogP contribution in [0, 0.1) is 13.8 Å². The molecule has 1 aromatic heterocycles. The monoisotopic (exact) mass is 631 g/mol. The standard InChI is InChI=1S/C45H49N3/c1-10-13-41-46-43(48(47-41)42-30(2)14-11-15-31(42)3)35-17-12-16-34(26-35)38-28-36(32-18-22-39(23-19-32)44(4,5)6)27-37(29-38)33-20-24-40(25-21-33)45(7,8)9/h11-12,14-29H,10,13H2,1-9H3. The Morgan fingerprint density at radius 3 is 1.44 bits per heavy atom. The van der Waals surface area contributed by atoms with Crippen molar-refractivity contribution in [1.82, 2.24) is 14.8 Å². The third-order valence-corrected chi connectivity index (χ3v) is 9.33. The van der Waals surface area contributed by atoms with Crippen LogP contribution in [0.15, 0.2) is 109 Å². The molecule has 0 unspecified atom stereocenters. The topological polar surface area (TPSA) is 30.7 Å². The van der Waals surface area contributed by atoms with Gasteiger partial charge in [0.1, 0.15) is 0 Å². The van der Waals surface area contributed by atoms with Gasteiger partial charge in [0.2, 0.25) is 0 Å². The van der Waals surface area contributed by atoms with Crippen molar-refractivity contribution in [2.75, 3.05) is 0 Å². The molecule has 6 aromatic rings. The van der Waals surface area contributed by atoms with E-state index in [0.29, 0.717) is 0 Å². The lowest BCUT2D eigenvalue weighted by molar-refractivity contribution is 0.590. The molecule has 0 fully saturated rings. The molecule has 1 heterocycles. The average Bonchev–Trinajstić information content (AvgIpc) is 3.47. The molecule has 6 rings (SSSR count). The molecule has 0 aliphatic carbocycles. The molecule has 5 aromatic carbocycles. The summed E-state index contributed by atoms with van der Waals surface area (Å²) < 4.78 is 2.06. The number of aryl methyl sites for hydroxylation is 3. The van der Waals surface area contributed by atoms with E-state index < -0.39 is 0 Å². The number of benzene rings is 5.